The maximum atomic E-state index is 14.0. The third-order valence-corrected chi connectivity index (χ3v) is 7.72. The Balaban J connectivity index is 1.52. The second kappa shape index (κ2) is 9.90. The molecule has 1 fully saturated rings. The summed E-state index contributed by atoms with van der Waals surface area (Å²) in [4.78, 5) is 12.5. The molecule has 2 aromatic rings. The summed E-state index contributed by atoms with van der Waals surface area (Å²) in [5, 5.41) is 3.08. The van der Waals surface area contributed by atoms with Crippen LogP contribution >= 0.6 is 11.6 Å². The molecule has 1 aliphatic rings. The van der Waals surface area contributed by atoms with Crippen LogP contribution in [0.5, 0.6) is 0 Å². The van der Waals surface area contributed by atoms with E-state index in [1.165, 1.54) is 22.5 Å². The highest BCUT2D eigenvalue weighted by Gasteiger charge is 2.32. The monoisotopic (exact) mass is 452 g/mol. The Kier molecular flexibility index (Phi) is 7.50. The first kappa shape index (κ1) is 22.7. The predicted octanol–water partition coefficient (Wildman–Crippen LogP) is 3.94. The van der Waals surface area contributed by atoms with E-state index in [1.54, 1.807) is 0 Å². The van der Waals surface area contributed by atoms with Crippen molar-refractivity contribution in [3.8, 4) is 0 Å². The SMILES string of the molecule is CC(CNC(=O)C1CCN(S(=O)(=O)Cc2c(F)cccc2Cl)CC1)c1ccccc1. The Morgan fingerprint density at radius 2 is 1.83 bits per heavy atom. The fourth-order valence-corrected chi connectivity index (χ4v) is 5.55. The lowest BCUT2D eigenvalue weighted by molar-refractivity contribution is -0.126. The highest BCUT2D eigenvalue weighted by molar-refractivity contribution is 7.88. The number of piperidine rings is 1. The lowest BCUT2D eigenvalue weighted by Crippen LogP contribution is -2.43. The molecular weight excluding hydrogens is 427 g/mol. The molecule has 8 heteroatoms. The van der Waals surface area contributed by atoms with Crippen molar-refractivity contribution in [1.29, 1.82) is 0 Å². The van der Waals surface area contributed by atoms with Gasteiger partial charge in [-0.3, -0.25) is 4.79 Å². The average molecular weight is 453 g/mol. The summed E-state index contributed by atoms with van der Waals surface area (Å²) < 4.78 is 40.7. The zero-order valence-electron chi connectivity index (χ0n) is 16.9. The molecule has 0 spiro atoms. The number of amides is 1. The van der Waals surface area contributed by atoms with Gasteiger partial charge in [0.25, 0.3) is 0 Å². The minimum Gasteiger partial charge on any atom is -0.355 e. The number of halogens is 2. The zero-order valence-corrected chi connectivity index (χ0v) is 18.4. The van der Waals surface area contributed by atoms with Crippen molar-refractivity contribution in [3.63, 3.8) is 0 Å². The molecule has 5 nitrogen and oxygen atoms in total. The number of rotatable bonds is 7. The first-order chi connectivity index (χ1) is 14.3. The van der Waals surface area contributed by atoms with Gasteiger partial charge >= 0.3 is 0 Å². The Morgan fingerprint density at radius 3 is 2.47 bits per heavy atom. The van der Waals surface area contributed by atoms with Crippen molar-refractivity contribution in [3.05, 3.63) is 70.5 Å². The molecule has 1 atom stereocenters. The normalized spacial score (nSPS) is 16.9. The van der Waals surface area contributed by atoms with E-state index in [0.29, 0.717) is 19.4 Å². The lowest BCUT2D eigenvalue weighted by Gasteiger charge is -2.31. The molecule has 0 aliphatic carbocycles. The molecule has 0 aromatic heterocycles. The second-order valence-electron chi connectivity index (χ2n) is 7.69. The first-order valence-electron chi connectivity index (χ1n) is 10.0. The van der Waals surface area contributed by atoms with Gasteiger partial charge in [-0.2, -0.15) is 0 Å². The molecule has 3 rings (SSSR count). The maximum Gasteiger partial charge on any atom is 0.223 e. The van der Waals surface area contributed by atoms with Crippen LogP contribution in [0, 0.1) is 11.7 Å². The van der Waals surface area contributed by atoms with Crippen LogP contribution in [0.25, 0.3) is 0 Å². The number of nitrogens with zero attached hydrogens (tertiary/aromatic N) is 1. The molecule has 1 heterocycles. The van der Waals surface area contributed by atoms with Gasteiger partial charge in [0.05, 0.1) is 5.75 Å². The van der Waals surface area contributed by atoms with Crippen LogP contribution in [0.4, 0.5) is 4.39 Å². The second-order valence-corrected chi connectivity index (χ2v) is 10.1. The van der Waals surface area contributed by atoms with E-state index in [-0.39, 0.29) is 41.4 Å². The van der Waals surface area contributed by atoms with Crippen LogP contribution in [-0.2, 0) is 20.6 Å². The number of hydrogen-bond acceptors (Lipinski definition) is 3. The first-order valence-corrected chi connectivity index (χ1v) is 12.0. The zero-order chi connectivity index (χ0) is 21.7. The third kappa shape index (κ3) is 5.59. The molecular formula is C22H26ClFN2O3S. The Morgan fingerprint density at radius 1 is 1.17 bits per heavy atom. The van der Waals surface area contributed by atoms with Gasteiger partial charge in [0.1, 0.15) is 5.82 Å². The maximum absolute atomic E-state index is 14.0. The van der Waals surface area contributed by atoms with Gasteiger partial charge < -0.3 is 5.32 Å². The van der Waals surface area contributed by atoms with Crippen molar-refractivity contribution in [2.45, 2.75) is 31.4 Å². The molecule has 1 aliphatic heterocycles. The minimum absolute atomic E-state index is 0.0195. The summed E-state index contributed by atoms with van der Waals surface area (Å²) >= 11 is 5.97. The van der Waals surface area contributed by atoms with E-state index in [1.807, 2.05) is 30.3 Å². The van der Waals surface area contributed by atoms with Crippen LogP contribution < -0.4 is 5.32 Å². The summed E-state index contributed by atoms with van der Waals surface area (Å²) in [6, 6.07) is 14.1. The number of carbonyl (C=O) groups is 1. The van der Waals surface area contributed by atoms with Gasteiger partial charge in [-0.25, -0.2) is 17.1 Å². The van der Waals surface area contributed by atoms with Gasteiger partial charge in [0, 0.05) is 36.1 Å². The van der Waals surface area contributed by atoms with Crippen molar-refractivity contribution in [1.82, 2.24) is 9.62 Å². The fourth-order valence-electron chi connectivity index (χ4n) is 3.64. The van der Waals surface area contributed by atoms with E-state index >= 15 is 0 Å². The van der Waals surface area contributed by atoms with Crippen LogP contribution in [0.2, 0.25) is 5.02 Å². The quantitative estimate of drug-likeness (QED) is 0.691. The molecule has 1 N–H and O–H groups in total. The lowest BCUT2D eigenvalue weighted by atomic mass is 9.96. The summed E-state index contributed by atoms with van der Waals surface area (Å²) in [7, 11) is -3.72. The van der Waals surface area contributed by atoms with E-state index in [0.717, 1.165) is 5.56 Å². The topological polar surface area (TPSA) is 66.5 Å². The summed E-state index contributed by atoms with van der Waals surface area (Å²) in [6.07, 6.45) is 0.881. The van der Waals surface area contributed by atoms with Crippen molar-refractivity contribution >= 4 is 27.5 Å². The predicted molar refractivity (Wildman–Crippen MR) is 116 cm³/mol. The Labute approximate surface area is 182 Å². The standard InChI is InChI=1S/C22H26ClFN2O3S/c1-16(17-6-3-2-4-7-17)14-25-22(27)18-10-12-26(13-11-18)30(28,29)15-19-20(23)8-5-9-21(19)24/h2-9,16,18H,10-15H2,1H3,(H,25,27). The number of carbonyl (C=O) groups excluding carboxylic acids is 1. The summed E-state index contributed by atoms with van der Waals surface area (Å²) in [5.41, 5.74) is 1.14. The van der Waals surface area contributed by atoms with E-state index in [2.05, 4.69) is 12.2 Å². The van der Waals surface area contributed by atoms with Gasteiger partial charge in [-0.15, -0.1) is 0 Å². The highest BCUT2D eigenvalue weighted by Crippen LogP contribution is 2.26. The molecule has 1 amide bonds. The molecule has 0 bridgehead atoms. The number of sulfonamides is 1. The summed E-state index contributed by atoms with van der Waals surface area (Å²) in [5.74, 6) is -1.19. The van der Waals surface area contributed by atoms with Gasteiger partial charge in [-0.05, 0) is 36.5 Å². The average Bonchev–Trinajstić information content (AvgIpc) is 2.75. The number of hydrogen-bond donors (Lipinski definition) is 1. The highest BCUT2D eigenvalue weighted by atomic mass is 35.5. The summed E-state index contributed by atoms with van der Waals surface area (Å²) in [6.45, 7) is 3.06. The van der Waals surface area contributed by atoms with Crippen molar-refractivity contribution in [2.75, 3.05) is 19.6 Å². The van der Waals surface area contributed by atoms with Crippen LogP contribution in [0.1, 0.15) is 36.8 Å². The van der Waals surface area contributed by atoms with E-state index < -0.39 is 21.6 Å². The van der Waals surface area contributed by atoms with Gasteiger partial charge in [0.2, 0.25) is 15.9 Å². The molecule has 1 saturated heterocycles. The molecule has 1 unspecified atom stereocenters. The van der Waals surface area contributed by atoms with Gasteiger partial charge in [-0.1, -0.05) is 54.9 Å². The largest absolute Gasteiger partial charge is 0.355 e. The smallest absolute Gasteiger partial charge is 0.223 e. The van der Waals surface area contributed by atoms with Crippen LogP contribution in [0.3, 0.4) is 0 Å². The molecule has 0 saturated carbocycles. The number of nitrogens with one attached hydrogen (secondary N) is 1. The molecule has 2 aromatic carbocycles. The van der Waals surface area contributed by atoms with Gasteiger partial charge in [0.15, 0.2) is 0 Å². The van der Waals surface area contributed by atoms with Crippen molar-refractivity contribution in [2.24, 2.45) is 5.92 Å². The fraction of sp³-hybridized carbons (Fsp3) is 0.409. The molecule has 30 heavy (non-hydrogen) atoms. The number of benzene rings is 2. The van der Waals surface area contributed by atoms with Crippen molar-refractivity contribution < 1.29 is 17.6 Å². The minimum atomic E-state index is -3.72. The van der Waals surface area contributed by atoms with E-state index in [9.17, 15) is 17.6 Å². The molecule has 162 valence electrons. The van der Waals surface area contributed by atoms with E-state index in [4.69, 9.17) is 11.6 Å². The Bertz CT molecular complexity index is 957. The molecule has 0 radical (unpaired) electrons. The van der Waals surface area contributed by atoms with Crippen LogP contribution in [-0.4, -0.2) is 38.3 Å². The Hall–Kier alpha value is -1.96. The third-order valence-electron chi connectivity index (χ3n) is 5.56. The van der Waals surface area contributed by atoms with Crippen LogP contribution in [0.15, 0.2) is 48.5 Å².